The monoisotopic (exact) mass is 328 g/mol. The molecule has 1 fully saturated rings. The van der Waals surface area contributed by atoms with Crippen LogP contribution in [0.15, 0.2) is 29.2 Å². The Bertz CT molecular complexity index is 537. The first-order chi connectivity index (χ1) is 10.0. The smallest absolute Gasteiger partial charge is 0.215 e. The summed E-state index contributed by atoms with van der Waals surface area (Å²) in [4.78, 5) is 1.06. The minimum atomic E-state index is -3.15. The maximum Gasteiger partial charge on any atom is 0.215 e. The summed E-state index contributed by atoms with van der Waals surface area (Å²) in [5, 5.41) is 0. The number of sulfonamides is 1. The standard InChI is InChI=1S/C15H24N2O2S2/c1-2-17(14-5-3-4-6-14)21(18,19)12-11-20-15-9-7-13(16)8-10-15/h7-10,14H,2-6,11-12,16H2,1H3. The van der Waals surface area contributed by atoms with Gasteiger partial charge in [0.15, 0.2) is 0 Å². The number of benzene rings is 1. The van der Waals surface area contributed by atoms with Crippen molar-refractivity contribution in [2.24, 2.45) is 0 Å². The van der Waals surface area contributed by atoms with Gasteiger partial charge in [0.25, 0.3) is 0 Å². The average molecular weight is 329 g/mol. The predicted molar refractivity (Wildman–Crippen MR) is 90.0 cm³/mol. The topological polar surface area (TPSA) is 63.4 Å². The van der Waals surface area contributed by atoms with E-state index in [-0.39, 0.29) is 11.8 Å². The number of hydrogen-bond acceptors (Lipinski definition) is 4. The fourth-order valence-corrected chi connectivity index (χ4v) is 5.85. The molecule has 0 radical (unpaired) electrons. The first kappa shape index (κ1) is 16.6. The Balaban J connectivity index is 1.89. The van der Waals surface area contributed by atoms with Crippen molar-refractivity contribution in [3.8, 4) is 0 Å². The highest BCUT2D eigenvalue weighted by atomic mass is 32.2. The van der Waals surface area contributed by atoms with Gasteiger partial charge < -0.3 is 5.73 Å². The zero-order valence-corrected chi connectivity index (χ0v) is 14.1. The Hall–Kier alpha value is -0.720. The predicted octanol–water partition coefficient (Wildman–Crippen LogP) is 2.96. The van der Waals surface area contributed by atoms with E-state index in [1.54, 1.807) is 16.1 Å². The Kier molecular flexibility index (Phi) is 5.96. The first-order valence-electron chi connectivity index (χ1n) is 7.51. The molecule has 0 aliphatic heterocycles. The van der Waals surface area contributed by atoms with Crippen LogP contribution in [0.4, 0.5) is 5.69 Å². The molecule has 0 saturated heterocycles. The first-order valence-corrected chi connectivity index (χ1v) is 10.1. The second-order valence-corrected chi connectivity index (χ2v) is 8.58. The second-order valence-electron chi connectivity index (χ2n) is 5.38. The average Bonchev–Trinajstić information content (AvgIpc) is 2.95. The maximum absolute atomic E-state index is 12.5. The maximum atomic E-state index is 12.5. The van der Waals surface area contributed by atoms with Gasteiger partial charge in [0.05, 0.1) is 5.75 Å². The molecule has 1 aliphatic rings. The molecule has 2 N–H and O–H groups in total. The third-order valence-electron chi connectivity index (χ3n) is 3.89. The molecular weight excluding hydrogens is 304 g/mol. The van der Waals surface area contributed by atoms with Crippen molar-refractivity contribution in [2.75, 3.05) is 23.8 Å². The van der Waals surface area contributed by atoms with Gasteiger partial charge in [-0.1, -0.05) is 19.8 Å². The second kappa shape index (κ2) is 7.51. The highest BCUT2D eigenvalue weighted by Gasteiger charge is 2.30. The summed E-state index contributed by atoms with van der Waals surface area (Å²) in [6.45, 7) is 2.52. The molecule has 118 valence electrons. The van der Waals surface area contributed by atoms with Crippen LogP contribution in [0.2, 0.25) is 0 Å². The van der Waals surface area contributed by atoms with E-state index >= 15 is 0 Å². The summed E-state index contributed by atoms with van der Waals surface area (Å²) in [6, 6.07) is 7.77. The lowest BCUT2D eigenvalue weighted by atomic mass is 10.2. The zero-order valence-electron chi connectivity index (χ0n) is 12.5. The molecule has 0 bridgehead atoms. The van der Waals surface area contributed by atoms with E-state index in [1.165, 1.54) is 0 Å². The summed E-state index contributed by atoms with van der Waals surface area (Å²) in [6.07, 6.45) is 4.32. The number of rotatable bonds is 7. The van der Waals surface area contributed by atoms with Crippen LogP contribution in [0.3, 0.4) is 0 Å². The lowest BCUT2D eigenvalue weighted by Crippen LogP contribution is -2.40. The van der Waals surface area contributed by atoms with Gasteiger partial charge >= 0.3 is 0 Å². The number of nitrogen functional groups attached to an aromatic ring is 1. The van der Waals surface area contributed by atoms with Crippen LogP contribution in [-0.4, -0.2) is 36.8 Å². The van der Waals surface area contributed by atoms with Crippen LogP contribution in [-0.2, 0) is 10.0 Å². The number of nitrogens with two attached hydrogens (primary N) is 1. The van der Waals surface area contributed by atoms with Gasteiger partial charge in [0, 0.05) is 28.9 Å². The lowest BCUT2D eigenvalue weighted by Gasteiger charge is -2.26. The molecule has 0 heterocycles. The normalized spacial score (nSPS) is 16.7. The molecule has 21 heavy (non-hydrogen) atoms. The van der Waals surface area contributed by atoms with E-state index in [0.717, 1.165) is 36.3 Å². The summed E-state index contributed by atoms with van der Waals surface area (Å²) in [5.41, 5.74) is 6.37. The van der Waals surface area contributed by atoms with Crippen LogP contribution in [0.1, 0.15) is 32.6 Å². The van der Waals surface area contributed by atoms with Gasteiger partial charge in [0.2, 0.25) is 10.0 Å². The van der Waals surface area contributed by atoms with Crippen LogP contribution in [0, 0.1) is 0 Å². The van der Waals surface area contributed by atoms with Crippen molar-refractivity contribution in [2.45, 2.75) is 43.5 Å². The van der Waals surface area contributed by atoms with Gasteiger partial charge in [-0.3, -0.25) is 0 Å². The van der Waals surface area contributed by atoms with E-state index in [9.17, 15) is 8.42 Å². The molecule has 1 aromatic carbocycles. The fraction of sp³-hybridized carbons (Fsp3) is 0.600. The molecule has 2 rings (SSSR count). The van der Waals surface area contributed by atoms with Crippen molar-refractivity contribution in [3.63, 3.8) is 0 Å². The minimum absolute atomic E-state index is 0.201. The molecule has 1 saturated carbocycles. The number of nitrogens with zero attached hydrogens (tertiary/aromatic N) is 1. The number of anilines is 1. The van der Waals surface area contributed by atoms with Gasteiger partial charge in [-0.25, -0.2) is 8.42 Å². The minimum Gasteiger partial charge on any atom is -0.399 e. The van der Waals surface area contributed by atoms with E-state index in [1.807, 2.05) is 31.2 Å². The van der Waals surface area contributed by atoms with Gasteiger partial charge in [-0.05, 0) is 37.1 Å². The van der Waals surface area contributed by atoms with Crippen molar-refractivity contribution >= 4 is 27.5 Å². The Morgan fingerprint density at radius 1 is 1.24 bits per heavy atom. The molecule has 0 aromatic heterocycles. The van der Waals surface area contributed by atoms with Crippen molar-refractivity contribution in [3.05, 3.63) is 24.3 Å². The van der Waals surface area contributed by atoms with Crippen LogP contribution in [0.25, 0.3) is 0 Å². The van der Waals surface area contributed by atoms with E-state index in [4.69, 9.17) is 5.73 Å². The fourth-order valence-electron chi connectivity index (χ4n) is 2.82. The van der Waals surface area contributed by atoms with Crippen molar-refractivity contribution < 1.29 is 8.42 Å². The van der Waals surface area contributed by atoms with Crippen LogP contribution in [0.5, 0.6) is 0 Å². The molecule has 0 atom stereocenters. The molecule has 0 spiro atoms. The largest absolute Gasteiger partial charge is 0.399 e. The van der Waals surface area contributed by atoms with Gasteiger partial charge in [0.1, 0.15) is 0 Å². The summed E-state index contributed by atoms with van der Waals surface area (Å²) >= 11 is 1.57. The highest BCUT2D eigenvalue weighted by molar-refractivity contribution is 8.00. The molecule has 4 nitrogen and oxygen atoms in total. The molecular formula is C15H24N2O2S2. The number of thioether (sulfide) groups is 1. The molecule has 6 heteroatoms. The van der Waals surface area contributed by atoms with E-state index < -0.39 is 10.0 Å². The zero-order chi connectivity index (χ0) is 15.3. The Labute approximate surface area is 132 Å². The molecule has 1 aromatic rings. The van der Waals surface area contributed by atoms with Crippen LogP contribution < -0.4 is 5.73 Å². The lowest BCUT2D eigenvalue weighted by molar-refractivity contribution is 0.336. The summed E-state index contributed by atoms with van der Waals surface area (Å²) in [5.74, 6) is 0.780. The van der Waals surface area contributed by atoms with Gasteiger partial charge in [-0.2, -0.15) is 4.31 Å². The Morgan fingerprint density at radius 3 is 2.43 bits per heavy atom. The number of hydrogen-bond donors (Lipinski definition) is 1. The third-order valence-corrected chi connectivity index (χ3v) is 7.15. The van der Waals surface area contributed by atoms with E-state index in [2.05, 4.69) is 0 Å². The van der Waals surface area contributed by atoms with E-state index in [0.29, 0.717) is 12.3 Å². The quantitative estimate of drug-likeness (QED) is 0.617. The Morgan fingerprint density at radius 2 is 1.86 bits per heavy atom. The highest BCUT2D eigenvalue weighted by Crippen LogP contribution is 2.26. The van der Waals surface area contributed by atoms with Gasteiger partial charge in [-0.15, -0.1) is 11.8 Å². The summed E-state index contributed by atoms with van der Waals surface area (Å²) in [7, 11) is -3.15. The molecule has 0 amide bonds. The van der Waals surface area contributed by atoms with Crippen molar-refractivity contribution in [1.82, 2.24) is 4.31 Å². The molecule has 0 unspecified atom stereocenters. The van der Waals surface area contributed by atoms with Crippen LogP contribution >= 0.6 is 11.8 Å². The third kappa shape index (κ3) is 4.63. The summed E-state index contributed by atoms with van der Waals surface area (Å²) < 4.78 is 26.7. The SMILES string of the molecule is CCN(C1CCCC1)S(=O)(=O)CCSc1ccc(N)cc1. The molecule has 1 aliphatic carbocycles. The van der Waals surface area contributed by atoms with Crippen molar-refractivity contribution in [1.29, 1.82) is 0 Å².